The van der Waals surface area contributed by atoms with Crippen LogP contribution in [0.3, 0.4) is 0 Å². The highest BCUT2D eigenvalue weighted by Crippen LogP contribution is 2.20. The van der Waals surface area contributed by atoms with Crippen molar-refractivity contribution >= 4 is 11.6 Å². The predicted molar refractivity (Wildman–Crippen MR) is 80.0 cm³/mol. The van der Waals surface area contributed by atoms with E-state index in [1.54, 1.807) is 0 Å². The molecule has 0 aromatic heterocycles. The molecule has 0 saturated heterocycles. The molecule has 2 heteroatoms. The summed E-state index contributed by atoms with van der Waals surface area (Å²) in [6, 6.07) is 7.93. The molecule has 1 unspecified atom stereocenters. The zero-order valence-electron chi connectivity index (χ0n) is 11.6. The van der Waals surface area contributed by atoms with Gasteiger partial charge in [0.05, 0.1) is 0 Å². The van der Waals surface area contributed by atoms with Gasteiger partial charge in [-0.2, -0.15) is 0 Å². The summed E-state index contributed by atoms with van der Waals surface area (Å²) >= 11 is 0. The number of carbonyl (C=O) groups is 1. The number of anilines is 1. The molecule has 0 radical (unpaired) electrons. The second-order valence-electron chi connectivity index (χ2n) is 5.06. The molecule has 0 saturated carbocycles. The van der Waals surface area contributed by atoms with Crippen molar-refractivity contribution in [2.24, 2.45) is 5.92 Å². The molecule has 2 rings (SSSR count). The zero-order valence-corrected chi connectivity index (χ0v) is 11.6. The summed E-state index contributed by atoms with van der Waals surface area (Å²) in [6.07, 6.45) is 9.11. The number of amides is 1. The fraction of sp³-hybridized carbons (Fsp3) is 0.353. The van der Waals surface area contributed by atoms with E-state index in [1.807, 2.05) is 31.2 Å². The molecule has 19 heavy (non-hydrogen) atoms. The maximum absolute atomic E-state index is 12.2. The van der Waals surface area contributed by atoms with Gasteiger partial charge in [-0.05, 0) is 38.3 Å². The molecule has 1 atom stereocenters. The average Bonchev–Trinajstić information content (AvgIpc) is 2.66. The van der Waals surface area contributed by atoms with Gasteiger partial charge in [0.25, 0.3) is 0 Å². The van der Waals surface area contributed by atoms with E-state index in [2.05, 4.69) is 30.5 Å². The van der Waals surface area contributed by atoms with Crippen LogP contribution in [0.1, 0.15) is 31.7 Å². The van der Waals surface area contributed by atoms with E-state index in [-0.39, 0.29) is 11.8 Å². The van der Waals surface area contributed by atoms with E-state index in [9.17, 15) is 4.79 Å². The first-order valence-corrected chi connectivity index (χ1v) is 6.92. The van der Waals surface area contributed by atoms with Crippen LogP contribution in [0.5, 0.6) is 0 Å². The van der Waals surface area contributed by atoms with Crippen molar-refractivity contribution in [3.8, 4) is 0 Å². The van der Waals surface area contributed by atoms with Crippen LogP contribution in [0.4, 0.5) is 5.69 Å². The summed E-state index contributed by atoms with van der Waals surface area (Å²) in [6.45, 7) is 4.18. The molecule has 0 spiro atoms. The van der Waals surface area contributed by atoms with E-state index < -0.39 is 0 Å². The first-order chi connectivity index (χ1) is 9.19. The smallest absolute Gasteiger partial charge is 0.228 e. The predicted octanol–water partition coefficient (Wildman–Crippen LogP) is 4.24. The lowest BCUT2D eigenvalue weighted by molar-refractivity contribution is -0.119. The number of nitrogens with one attached hydrogen (secondary N) is 1. The Balaban J connectivity index is 1.99. The highest BCUT2D eigenvalue weighted by molar-refractivity contribution is 5.92. The van der Waals surface area contributed by atoms with Crippen LogP contribution in [-0.2, 0) is 4.79 Å². The summed E-state index contributed by atoms with van der Waals surface area (Å²) in [7, 11) is 0. The number of allylic oxidation sites excluding steroid dienone is 4. The number of carbonyl (C=O) groups excluding carboxylic acids is 1. The molecule has 1 aliphatic carbocycles. The number of rotatable bonds is 3. The lowest BCUT2D eigenvalue weighted by Gasteiger charge is -2.13. The minimum absolute atomic E-state index is 0.0432. The lowest BCUT2D eigenvalue weighted by atomic mass is 10.0. The monoisotopic (exact) mass is 255 g/mol. The molecular formula is C17H21NO. The van der Waals surface area contributed by atoms with Crippen molar-refractivity contribution in [3.05, 3.63) is 53.6 Å². The number of hydrogen-bond donors (Lipinski definition) is 1. The molecule has 0 bridgehead atoms. The third kappa shape index (κ3) is 3.82. The van der Waals surface area contributed by atoms with Crippen LogP contribution in [0.25, 0.3) is 0 Å². The molecule has 1 N–H and O–H groups in total. The maximum atomic E-state index is 12.2. The van der Waals surface area contributed by atoms with Gasteiger partial charge in [-0.3, -0.25) is 4.79 Å². The van der Waals surface area contributed by atoms with Crippen LogP contribution >= 0.6 is 0 Å². The van der Waals surface area contributed by atoms with Crippen molar-refractivity contribution in [2.45, 2.75) is 33.1 Å². The molecule has 1 amide bonds. The maximum Gasteiger partial charge on any atom is 0.228 e. The second kappa shape index (κ2) is 6.37. The molecule has 1 aromatic rings. The lowest BCUT2D eigenvalue weighted by Crippen LogP contribution is -2.21. The second-order valence-corrected chi connectivity index (χ2v) is 5.06. The topological polar surface area (TPSA) is 29.1 Å². The van der Waals surface area contributed by atoms with Crippen molar-refractivity contribution in [1.82, 2.24) is 0 Å². The van der Waals surface area contributed by atoms with Crippen molar-refractivity contribution in [3.63, 3.8) is 0 Å². The van der Waals surface area contributed by atoms with Crippen molar-refractivity contribution in [2.75, 3.05) is 5.32 Å². The minimum Gasteiger partial charge on any atom is -0.326 e. The first-order valence-electron chi connectivity index (χ1n) is 6.92. The molecule has 0 heterocycles. The van der Waals surface area contributed by atoms with Gasteiger partial charge < -0.3 is 5.32 Å². The van der Waals surface area contributed by atoms with E-state index >= 15 is 0 Å². The number of hydrogen-bond acceptors (Lipinski definition) is 1. The van der Waals surface area contributed by atoms with Gasteiger partial charge in [0.2, 0.25) is 5.91 Å². The molecule has 1 aromatic carbocycles. The Bertz CT molecular complexity index is 496. The van der Waals surface area contributed by atoms with E-state index in [0.29, 0.717) is 0 Å². The quantitative estimate of drug-likeness (QED) is 0.860. The van der Waals surface area contributed by atoms with Gasteiger partial charge in [0.1, 0.15) is 0 Å². The molecule has 0 fully saturated rings. The van der Waals surface area contributed by atoms with Crippen LogP contribution in [0, 0.1) is 12.8 Å². The largest absolute Gasteiger partial charge is 0.326 e. The third-order valence-electron chi connectivity index (χ3n) is 3.52. The highest BCUT2D eigenvalue weighted by atomic mass is 16.1. The zero-order chi connectivity index (χ0) is 13.7. The van der Waals surface area contributed by atoms with E-state index in [1.165, 1.54) is 11.1 Å². The summed E-state index contributed by atoms with van der Waals surface area (Å²) in [5.74, 6) is 0.156. The van der Waals surface area contributed by atoms with E-state index in [0.717, 1.165) is 24.9 Å². The number of aryl methyl sites for hydroxylation is 1. The Labute approximate surface area is 115 Å². The Kier molecular flexibility index (Phi) is 4.56. The molecule has 0 aliphatic heterocycles. The summed E-state index contributed by atoms with van der Waals surface area (Å²) in [5.41, 5.74) is 3.40. The Hall–Kier alpha value is -1.83. The Morgan fingerprint density at radius 1 is 1.26 bits per heavy atom. The average molecular weight is 255 g/mol. The van der Waals surface area contributed by atoms with Gasteiger partial charge in [-0.1, -0.05) is 48.4 Å². The van der Waals surface area contributed by atoms with Crippen LogP contribution in [-0.4, -0.2) is 5.91 Å². The first kappa shape index (κ1) is 13.6. The third-order valence-corrected chi connectivity index (χ3v) is 3.52. The molecule has 100 valence electrons. The summed E-state index contributed by atoms with van der Waals surface area (Å²) in [4.78, 5) is 12.2. The van der Waals surface area contributed by atoms with Gasteiger partial charge in [-0.15, -0.1) is 0 Å². The molecule has 1 aliphatic rings. The van der Waals surface area contributed by atoms with Gasteiger partial charge in [0, 0.05) is 11.6 Å². The molecular weight excluding hydrogens is 234 g/mol. The van der Waals surface area contributed by atoms with Gasteiger partial charge in [-0.25, -0.2) is 0 Å². The van der Waals surface area contributed by atoms with Gasteiger partial charge in [0.15, 0.2) is 0 Å². The SMILES string of the molecule is CCC1=CCC(C(=O)Nc2ccc(C)cc2)CC=C1. The summed E-state index contributed by atoms with van der Waals surface area (Å²) in [5, 5.41) is 3.00. The highest BCUT2D eigenvalue weighted by Gasteiger charge is 2.17. The van der Waals surface area contributed by atoms with Crippen LogP contribution in [0.15, 0.2) is 48.1 Å². The standard InChI is InChI=1S/C17H21NO/c1-3-14-5-4-6-15(10-9-14)17(19)18-16-11-7-13(2)8-12-16/h4-5,7-9,11-12,15H,3,6,10H2,1-2H3,(H,18,19). The van der Waals surface area contributed by atoms with Crippen molar-refractivity contribution in [1.29, 1.82) is 0 Å². The Morgan fingerprint density at radius 3 is 2.68 bits per heavy atom. The van der Waals surface area contributed by atoms with Crippen molar-refractivity contribution < 1.29 is 4.79 Å². The fourth-order valence-electron chi connectivity index (χ4n) is 2.20. The minimum atomic E-state index is 0.0432. The normalized spacial score (nSPS) is 18.6. The Morgan fingerprint density at radius 2 is 2.00 bits per heavy atom. The summed E-state index contributed by atoms with van der Waals surface area (Å²) < 4.78 is 0. The van der Waals surface area contributed by atoms with Crippen LogP contribution in [0.2, 0.25) is 0 Å². The fourth-order valence-corrected chi connectivity index (χ4v) is 2.20. The number of benzene rings is 1. The molecule has 2 nitrogen and oxygen atoms in total. The van der Waals surface area contributed by atoms with E-state index in [4.69, 9.17) is 0 Å². The van der Waals surface area contributed by atoms with Crippen LogP contribution < -0.4 is 5.32 Å². The van der Waals surface area contributed by atoms with Gasteiger partial charge >= 0.3 is 0 Å².